The van der Waals surface area contributed by atoms with E-state index in [1.54, 1.807) is 4.90 Å². The van der Waals surface area contributed by atoms with E-state index in [1.807, 2.05) is 44.0 Å². The number of hydrogen-bond acceptors (Lipinski definition) is 5. The van der Waals surface area contributed by atoms with Crippen molar-refractivity contribution in [1.82, 2.24) is 14.4 Å². The Hall–Kier alpha value is -2.58. The maximum Gasteiger partial charge on any atom is 0.410 e. The summed E-state index contributed by atoms with van der Waals surface area (Å²) in [6.45, 7) is 7.53. The molecule has 1 aromatic carbocycles. The number of morpholine rings is 1. The Labute approximate surface area is 211 Å². The third-order valence-corrected chi connectivity index (χ3v) is 6.54. The van der Waals surface area contributed by atoms with E-state index in [4.69, 9.17) is 21.1 Å². The standard InChI is InChI=1S/C26H34ClN3O5/c1-26(2,3)35-25(33)29-11-13-34-23(17-29)24(32)30(19-7-8-19)15-18-6-9-20-21(27)16-28(22(20)14-18)10-4-5-12-31/h6,9,12,14,16,19,23H,4-5,7-8,10-11,13,15,17H2,1-3H3. The molecule has 2 aromatic rings. The zero-order valence-electron chi connectivity index (χ0n) is 20.7. The predicted octanol–water partition coefficient (Wildman–Crippen LogP) is 4.40. The highest BCUT2D eigenvalue weighted by Gasteiger charge is 2.39. The van der Waals surface area contributed by atoms with Crippen molar-refractivity contribution in [2.75, 3.05) is 19.7 Å². The van der Waals surface area contributed by atoms with Crippen LogP contribution in [0.3, 0.4) is 0 Å². The zero-order chi connectivity index (χ0) is 25.2. The molecule has 35 heavy (non-hydrogen) atoms. The quantitative estimate of drug-likeness (QED) is 0.394. The number of aldehydes is 1. The van der Waals surface area contributed by atoms with Gasteiger partial charge in [-0.2, -0.15) is 0 Å². The van der Waals surface area contributed by atoms with Crippen molar-refractivity contribution in [3.05, 3.63) is 35.0 Å². The van der Waals surface area contributed by atoms with Crippen molar-refractivity contribution in [1.29, 1.82) is 0 Å². The first-order valence-electron chi connectivity index (χ1n) is 12.3. The molecule has 1 aromatic heterocycles. The summed E-state index contributed by atoms with van der Waals surface area (Å²) in [5, 5.41) is 1.63. The van der Waals surface area contributed by atoms with Gasteiger partial charge in [-0.1, -0.05) is 23.7 Å². The molecule has 2 fully saturated rings. The molecule has 9 heteroatoms. The molecule has 1 aliphatic carbocycles. The SMILES string of the molecule is CC(C)(C)OC(=O)N1CCOC(C(=O)N(Cc2ccc3c(Cl)cn(CCCC=O)c3c2)C2CC2)C1. The summed E-state index contributed by atoms with van der Waals surface area (Å²) in [4.78, 5) is 40.2. The summed E-state index contributed by atoms with van der Waals surface area (Å²) in [6, 6.07) is 6.24. The first kappa shape index (κ1) is 25.5. The van der Waals surface area contributed by atoms with E-state index in [9.17, 15) is 14.4 Å². The van der Waals surface area contributed by atoms with Crippen LogP contribution in [-0.2, 0) is 32.2 Å². The predicted molar refractivity (Wildman–Crippen MR) is 133 cm³/mol. The second-order valence-electron chi connectivity index (χ2n) is 10.3. The van der Waals surface area contributed by atoms with Crippen LogP contribution < -0.4 is 0 Å². The smallest absolute Gasteiger partial charge is 0.410 e. The lowest BCUT2D eigenvalue weighted by Crippen LogP contribution is -2.53. The Kier molecular flexibility index (Phi) is 7.71. The molecule has 2 amide bonds. The van der Waals surface area contributed by atoms with E-state index in [2.05, 4.69) is 10.6 Å². The van der Waals surface area contributed by atoms with Gasteiger partial charge in [-0.05, 0) is 51.7 Å². The maximum absolute atomic E-state index is 13.5. The van der Waals surface area contributed by atoms with Gasteiger partial charge in [0.25, 0.3) is 5.91 Å². The Balaban J connectivity index is 1.48. The number of hydrogen-bond donors (Lipinski definition) is 0. The minimum atomic E-state index is -0.706. The van der Waals surface area contributed by atoms with Gasteiger partial charge in [-0.15, -0.1) is 0 Å². The second kappa shape index (κ2) is 10.6. The number of fused-ring (bicyclic) bond motifs is 1. The Morgan fingerprint density at radius 1 is 1.29 bits per heavy atom. The number of rotatable bonds is 8. The van der Waals surface area contributed by atoms with Crippen molar-refractivity contribution >= 4 is 40.8 Å². The molecule has 1 atom stereocenters. The molecule has 0 bridgehead atoms. The van der Waals surface area contributed by atoms with E-state index < -0.39 is 17.8 Å². The van der Waals surface area contributed by atoms with Gasteiger partial charge in [-0.25, -0.2) is 4.79 Å². The highest BCUT2D eigenvalue weighted by Crippen LogP contribution is 2.32. The van der Waals surface area contributed by atoms with E-state index in [-0.39, 0.29) is 18.5 Å². The summed E-state index contributed by atoms with van der Waals surface area (Å²) < 4.78 is 13.4. The van der Waals surface area contributed by atoms with Gasteiger partial charge in [0.2, 0.25) is 0 Å². The number of aryl methyl sites for hydroxylation is 1. The fraction of sp³-hybridized carbons (Fsp3) is 0.577. The molecule has 0 N–H and O–H groups in total. The first-order valence-corrected chi connectivity index (χ1v) is 12.6. The number of halogens is 1. The van der Waals surface area contributed by atoms with Crippen molar-refractivity contribution in [2.24, 2.45) is 0 Å². The molecule has 0 spiro atoms. The number of carbonyl (C=O) groups excluding carboxylic acids is 3. The van der Waals surface area contributed by atoms with Gasteiger partial charge in [0.05, 0.1) is 18.2 Å². The van der Waals surface area contributed by atoms with Crippen LogP contribution in [-0.4, -0.2) is 70.1 Å². The zero-order valence-corrected chi connectivity index (χ0v) is 21.4. The lowest BCUT2D eigenvalue weighted by molar-refractivity contribution is -0.150. The van der Waals surface area contributed by atoms with Gasteiger partial charge < -0.3 is 28.6 Å². The first-order chi connectivity index (χ1) is 16.7. The van der Waals surface area contributed by atoms with Crippen molar-refractivity contribution in [3.63, 3.8) is 0 Å². The lowest BCUT2D eigenvalue weighted by Gasteiger charge is -2.36. The molecule has 0 radical (unpaired) electrons. The van der Waals surface area contributed by atoms with Gasteiger partial charge in [-0.3, -0.25) is 4.79 Å². The number of carbonyl (C=O) groups is 3. The minimum absolute atomic E-state index is 0.0970. The van der Waals surface area contributed by atoms with Gasteiger partial charge in [0, 0.05) is 49.2 Å². The topological polar surface area (TPSA) is 81.1 Å². The fourth-order valence-corrected chi connectivity index (χ4v) is 4.64. The molecule has 8 nitrogen and oxygen atoms in total. The minimum Gasteiger partial charge on any atom is -0.444 e. The van der Waals surface area contributed by atoms with Crippen LogP contribution in [0.15, 0.2) is 24.4 Å². The summed E-state index contributed by atoms with van der Waals surface area (Å²) in [7, 11) is 0. The molecule has 1 aliphatic heterocycles. The molecule has 1 saturated heterocycles. The average Bonchev–Trinajstić information content (AvgIpc) is 3.61. The third kappa shape index (κ3) is 6.35. The van der Waals surface area contributed by atoms with Crippen molar-refractivity contribution in [3.8, 4) is 0 Å². The lowest BCUT2D eigenvalue weighted by atomic mass is 10.1. The average molecular weight is 504 g/mol. The van der Waals surface area contributed by atoms with Crippen LogP contribution in [0.25, 0.3) is 10.9 Å². The van der Waals surface area contributed by atoms with Gasteiger partial charge >= 0.3 is 6.09 Å². The Morgan fingerprint density at radius 2 is 2.06 bits per heavy atom. The number of nitrogens with zero attached hydrogens (tertiary/aromatic N) is 3. The molecule has 2 heterocycles. The number of aromatic nitrogens is 1. The third-order valence-electron chi connectivity index (χ3n) is 6.24. The maximum atomic E-state index is 13.5. The number of amides is 2. The Bertz CT molecular complexity index is 1090. The Morgan fingerprint density at radius 3 is 2.74 bits per heavy atom. The van der Waals surface area contributed by atoms with Gasteiger partial charge in [0.1, 0.15) is 11.9 Å². The summed E-state index contributed by atoms with van der Waals surface area (Å²) >= 11 is 6.43. The molecular formula is C26H34ClN3O5. The molecule has 1 saturated carbocycles. The van der Waals surface area contributed by atoms with E-state index in [0.717, 1.165) is 42.0 Å². The second-order valence-corrected chi connectivity index (χ2v) is 10.7. The largest absolute Gasteiger partial charge is 0.444 e. The normalized spacial score (nSPS) is 18.5. The monoisotopic (exact) mass is 503 g/mol. The molecule has 2 aliphatic rings. The van der Waals surface area contributed by atoms with Gasteiger partial charge in [0.15, 0.2) is 6.10 Å². The summed E-state index contributed by atoms with van der Waals surface area (Å²) in [5.74, 6) is -0.0970. The van der Waals surface area contributed by atoms with E-state index in [0.29, 0.717) is 37.7 Å². The van der Waals surface area contributed by atoms with Crippen LogP contribution in [0.4, 0.5) is 4.79 Å². The van der Waals surface area contributed by atoms with E-state index >= 15 is 0 Å². The van der Waals surface area contributed by atoms with E-state index in [1.165, 1.54) is 0 Å². The number of unbranched alkanes of at least 4 members (excludes halogenated alkanes) is 1. The molecule has 190 valence electrons. The van der Waals surface area contributed by atoms with Crippen LogP contribution >= 0.6 is 11.6 Å². The summed E-state index contributed by atoms with van der Waals surface area (Å²) in [6.07, 6.45) is 4.86. The highest BCUT2D eigenvalue weighted by atomic mass is 35.5. The van der Waals surface area contributed by atoms with Crippen LogP contribution in [0.2, 0.25) is 5.02 Å². The number of ether oxygens (including phenoxy) is 2. The number of benzene rings is 1. The molecule has 1 unspecified atom stereocenters. The molecule has 4 rings (SSSR count). The van der Waals surface area contributed by atoms with Crippen molar-refractivity contribution in [2.45, 2.75) is 77.3 Å². The summed E-state index contributed by atoms with van der Waals surface area (Å²) in [5.41, 5.74) is 1.40. The highest BCUT2D eigenvalue weighted by molar-refractivity contribution is 6.35. The van der Waals surface area contributed by atoms with Crippen LogP contribution in [0.1, 0.15) is 52.0 Å². The van der Waals surface area contributed by atoms with Crippen LogP contribution in [0, 0.1) is 0 Å². The van der Waals surface area contributed by atoms with Crippen molar-refractivity contribution < 1.29 is 23.9 Å². The van der Waals surface area contributed by atoms with Crippen LogP contribution in [0.5, 0.6) is 0 Å². The molecular weight excluding hydrogens is 470 g/mol. The fourth-order valence-electron chi connectivity index (χ4n) is 4.37.